The molecule has 0 bridgehead atoms. The van der Waals surface area contributed by atoms with E-state index >= 15 is 0 Å². The van der Waals surface area contributed by atoms with Crippen molar-refractivity contribution in [3.8, 4) is 17.1 Å². The van der Waals surface area contributed by atoms with Crippen LogP contribution in [0.25, 0.3) is 29.2 Å². The number of aromatic nitrogens is 3. The molecule has 6 heteroatoms. The first kappa shape index (κ1) is 22.0. The summed E-state index contributed by atoms with van der Waals surface area (Å²) < 4.78 is 15.7. The molecule has 5 rings (SSSR count). The topological polar surface area (TPSA) is 55.1 Å². The van der Waals surface area contributed by atoms with Crippen LogP contribution in [0.1, 0.15) is 37.9 Å². The first-order valence-electron chi connectivity index (χ1n) is 11.7. The van der Waals surface area contributed by atoms with Crippen molar-refractivity contribution in [2.24, 2.45) is 4.99 Å². The molecule has 0 saturated heterocycles. The Labute approximate surface area is 198 Å². The number of nitrogens with one attached hydrogen (secondary N) is 1. The number of hydrogen-bond donors (Lipinski definition) is 1. The number of fused-ring (bicyclic) bond motifs is 2. The van der Waals surface area contributed by atoms with Crippen molar-refractivity contribution in [2.75, 3.05) is 5.32 Å². The van der Waals surface area contributed by atoms with Crippen LogP contribution in [0.3, 0.4) is 0 Å². The van der Waals surface area contributed by atoms with Crippen LogP contribution in [0, 0.1) is 6.92 Å². The summed E-state index contributed by atoms with van der Waals surface area (Å²) in [5.41, 5.74) is 6.09. The molecule has 3 aliphatic rings. The highest BCUT2D eigenvalue weighted by Crippen LogP contribution is 2.25. The molecule has 5 nitrogen and oxygen atoms in total. The molecule has 34 heavy (non-hydrogen) atoms. The molecule has 0 atom stereocenters. The Hall–Kier alpha value is -3.80. The molecule has 0 saturated carbocycles. The maximum atomic E-state index is 13.5. The molecule has 1 aromatic carbocycles. The fourth-order valence-corrected chi connectivity index (χ4v) is 4.36. The van der Waals surface area contributed by atoms with Crippen molar-refractivity contribution in [3.63, 3.8) is 0 Å². The average Bonchev–Trinajstić information content (AvgIpc) is 2.84. The zero-order valence-electron chi connectivity index (χ0n) is 19.7. The summed E-state index contributed by atoms with van der Waals surface area (Å²) in [5.74, 6) is 0. The van der Waals surface area contributed by atoms with Gasteiger partial charge in [0.05, 0.1) is 44.5 Å². The van der Waals surface area contributed by atoms with Gasteiger partial charge in [-0.3, -0.25) is 9.98 Å². The lowest BCUT2D eigenvalue weighted by Crippen LogP contribution is -2.40. The van der Waals surface area contributed by atoms with Crippen molar-refractivity contribution in [3.05, 3.63) is 82.0 Å². The highest BCUT2D eigenvalue weighted by atomic mass is 19.1. The van der Waals surface area contributed by atoms with Gasteiger partial charge in [0.15, 0.2) is 0 Å². The van der Waals surface area contributed by atoms with Gasteiger partial charge in [-0.1, -0.05) is 24.3 Å². The third kappa shape index (κ3) is 4.23. The van der Waals surface area contributed by atoms with E-state index in [-0.39, 0.29) is 6.04 Å². The Morgan fingerprint density at radius 2 is 1.91 bits per heavy atom. The molecular formula is C28H28FN5. The maximum absolute atomic E-state index is 13.5. The second-order valence-corrected chi connectivity index (χ2v) is 8.85. The number of hydrogen-bond acceptors (Lipinski definition) is 4. The monoisotopic (exact) mass is 453 g/mol. The minimum Gasteiger partial charge on any atom is -0.352 e. The van der Waals surface area contributed by atoms with Gasteiger partial charge in [0, 0.05) is 17.9 Å². The number of anilines is 2. The number of alkyl halides is 1. The van der Waals surface area contributed by atoms with Gasteiger partial charge in [-0.05, 0) is 75.6 Å². The molecule has 0 amide bonds. The minimum atomic E-state index is -0.498. The van der Waals surface area contributed by atoms with Gasteiger partial charge in [0.2, 0.25) is 0 Å². The molecule has 0 unspecified atom stereocenters. The Morgan fingerprint density at radius 1 is 1.06 bits per heavy atom. The average molecular weight is 454 g/mol. The number of benzene rings is 2. The summed E-state index contributed by atoms with van der Waals surface area (Å²) in [6.07, 6.45) is 8.08. The normalized spacial score (nSPS) is 13.5. The van der Waals surface area contributed by atoms with Gasteiger partial charge < -0.3 is 9.88 Å². The summed E-state index contributed by atoms with van der Waals surface area (Å²) in [6, 6.07) is 15.8. The number of rotatable bonds is 5. The van der Waals surface area contributed by atoms with E-state index in [2.05, 4.69) is 53.0 Å². The van der Waals surface area contributed by atoms with Gasteiger partial charge in [-0.2, -0.15) is 0 Å². The maximum Gasteiger partial charge on any atom is 0.115 e. The zero-order chi connectivity index (χ0) is 23.7. The molecule has 1 aliphatic heterocycles. The first-order valence-corrected chi connectivity index (χ1v) is 11.7. The quantitative estimate of drug-likeness (QED) is 0.482. The molecule has 0 fully saturated rings. The molecule has 2 aromatic rings. The SMILES string of the molecule is Cc1ncccc1Nc1cc2nc3c(n(-c4cccc(CF)c4)c-2cc1=NC(C)C)=CCCC=3. The van der Waals surface area contributed by atoms with Crippen LogP contribution in [0.5, 0.6) is 0 Å². The van der Waals surface area contributed by atoms with E-state index in [1.54, 1.807) is 6.20 Å². The Balaban J connectivity index is 1.83. The van der Waals surface area contributed by atoms with Crippen LogP contribution in [0.2, 0.25) is 0 Å². The third-order valence-corrected chi connectivity index (χ3v) is 5.92. The number of halogens is 1. The van der Waals surface area contributed by atoms with Crippen molar-refractivity contribution in [2.45, 2.75) is 46.3 Å². The van der Waals surface area contributed by atoms with E-state index in [9.17, 15) is 4.39 Å². The van der Waals surface area contributed by atoms with E-state index < -0.39 is 6.67 Å². The molecule has 0 spiro atoms. The summed E-state index contributed by atoms with van der Waals surface area (Å²) in [5, 5.41) is 6.35. The van der Waals surface area contributed by atoms with Crippen molar-refractivity contribution in [1.82, 2.24) is 14.5 Å². The summed E-state index contributed by atoms with van der Waals surface area (Å²) in [6.45, 7) is 5.61. The van der Waals surface area contributed by atoms with E-state index in [1.807, 2.05) is 43.3 Å². The van der Waals surface area contributed by atoms with Crippen LogP contribution in [0.15, 0.2) is 59.7 Å². The van der Waals surface area contributed by atoms with Crippen LogP contribution < -0.4 is 21.4 Å². The van der Waals surface area contributed by atoms with Crippen LogP contribution in [-0.2, 0) is 6.67 Å². The zero-order valence-corrected chi connectivity index (χ0v) is 19.7. The van der Waals surface area contributed by atoms with E-state index in [1.165, 1.54) is 0 Å². The van der Waals surface area contributed by atoms with Crippen LogP contribution in [0.4, 0.5) is 15.8 Å². The van der Waals surface area contributed by atoms with Crippen LogP contribution >= 0.6 is 0 Å². The Kier molecular flexibility index (Phi) is 5.97. The Bertz CT molecular complexity index is 1520. The molecule has 2 aliphatic carbocycles. The minimum absolute atomic E-state index is 0.113. The van der Waals surface area contributed by atoms with Gasteiger partial charge in [-0.25, -0.2) is 9.37 Å². The third-order valence-electron chi connectivity index (χ3n) is 5.92. The lowest BCUT2D eigenvalue weighted by molar-refractivity contribution is 0.485. The Morgan fingerprint density at radius 3 is 2.71 bits per heavy atom. The lowest BCUT2D eigenvalue weighted by Gasteiger charge is -2.21. The first-order chi connectivity index (χ1) is 16.5. The summed E-state index contributed by atoms with van der Waals surface area (Å²) >= 11 is 0. The molecular weight excluding hydrogens is 425 g/mol. The van der Waals surface area contributed by atoms with Crippen molar-refractivity contribution < 1.29 is 4.39 Å². The standard InChI is InChI=1S/C28H28FN5/c1-18(2)31-25-16-28-26(15-24(25)32-22-11-7-13-30-19(22)3)33-23-10-4-5-12-27(23)34(28)21-9-6-8-20(14-21)17-29/h6-16,18,32H,4-5,17H2,1-3H3. The smallest absolute Gasteiger partial charge is 0.115 e. The lowest BCUT2D eigenvalue weighted by atomic mass is 10.1. The van der Waals surface area contributed by atoms with E-state index in [0.29, 0.717) is 5.56 Å². The molecule has 172 valence electrons. The summed E-state index contributed by atoms with van der Waals surface area (Å²) in [7, 11) is 0. The van der Waals surface area contributed by atoms with Gasteiger partial charge in [-0.15, -0.1) is 0 Å². The highest BCUT2D eigenvalue weighted by molar-refractivity contribution is 5.71. The fourth-order valence-electron chi connectivity index (χ4n) is 4.36. The number of aryl methyl sites for hydroxylation is 1. The highest BCUT2D eigenvalue weighted by Gasteiger charge is 2.17. The predicted molar refractivity (Wildman–Crippen MR) is 135 cm³/mol. The molecule has 1 N–H and O–H groups in total. The van der Waals surface area contributed by atoms with E-state index in [4.69, 9.17) is 9.98 Å². The summed E-state index contributed by atoms with van der Waals surface area (Å²) in [4.78, 5) is 14.3. The van der Waals surface area contributed by atoms with Crippen molar-refractivity contribution in [1.29, 1.82) is 0 Å². The molecule has 0 radical (unpaired) electrons. The van der Waals surface area contributed by atoms with Gasteiger partial charge in [0.25, 0.3) is 0 Å². The predicted octanol–water partition coefficient (Wildman–Crippen LogP) is 4.56. The van der Waals surface area contributed by atoms with Gasteiger partial charge in [0.1, 0.15) is 6.67 Å². The van der Waals surface area contributed by atoms with Crippen molar-refractivity contribution >= 4 is 23.5 Å². The van der Waals surface area contributed by atoms with Gasteiger partial charge >= 0.3 is 0 Å². The second kappa shape index (κ2) is 9.21. The fraction of sp³-hybridized carbons (Fsp3) is 0.250. The van der Waals surface area contributed by atoms with E-state index in [0.717, 1.165) is 63.0 Å². The number of pyridine rings is 1. The second-order valence-electron chi connectivity index (χ2n) is 8.85. The van der Waals surface area contributed by atoms with Crippen LogP contribution in [-0.4, -0.2) is 20.6 Å². The largest absolute Gasteiger partial charge is 0.352 e. The number of nitrogens with zero attached hydrogens (tertiary/aromatic N) is 4. The molecule has 1 aromatic heterocycles. The molecule has 2 heterocycles.